The smallest absolute Gasteiger partial charge is 0.191 e. The number of aryl methyl sites for hydroxylation is 1. The summed E-state index contributed by atoms with van der Waals surface area (Å²) in [7, 11) is 1.82. The molecular formula is C16H29N5S. The average molecular weight is 324 g/mol. The molecular weight excluding hydrogens is 294 g/mol. The Morgan fingerprint density at radius 2 is 2.05 bits per heavy atom. The zero-order valence-corrected chi connectivity index (χ0v) is 15.1. The standard InChI is InChI=1S/C16H29N5S/c1-13-10-18-14(22-13)11-19-15(17-4)20-12-16(2,3)21-8-6-5-7-9-21/h10H,5-9,11-12H2,1-4H3,(H2,17,19,20). The minimum atomic E-state index is 0.149. The molecule has 2 rings (SSSR count). The molecule has 1 aliphatic heterocycles. The fourth-order valence-electron chi connectivity index (χ4n) is 2.77. The summed E-state index contributed by atoms with van der Waals surface area (Å²) in [4.78, 5) is 12.5. The molecule has 0 amide bonds. The van der Waals surface area contributed by atoms with Gasteiger partial charge in [-0.05, 0) is 46.7 Å². The Morgan fingerprint density at radius 3 is 2.64 bits per heavy atom. The highest BCUT2D eigenvalue weighted by molar-refractivity contribution is 7.11. The molecule has 0 spiro atoms. The predicted molar refractivity (Wildman–Crippen MR) is 94.6 cm³/mol. The van der Waals surface area contributed by atoms with Crippen LogP contribution in [0, 0.1) is 6.92 Å². The summed E-state index contributed by atoms with van der Waals surface area (Å²) in [5, 5.41) is 7.89. The van der Waals surface area contributed by atoms with Gasteiger partial charge in [0.15, 0.2) is 5.96 Å². The van der Waals surface area contributed by atoms with Crippen molar-refractivity contribution < 1.29 is 0 Å². The molecule has 1 fully saturated rings. The lowest BCUT2D eigenvalue weighted by atomic mass is 9.98. The number of rotatable bonds is 5. The molecule has 1 aromatic rings. The van der Waals surface area contributed by atoms with Crippen LogP contribution in [0.4, 0.5) is 0 Å². The summed E-state index contributed by atoms with van der Waals surface area (Å²) in [5.41, 5.74) is 0.149. The van der Waals surface area contributed by atoms with E-state index in [0.29, 0.717) is 0 Å². The summed E-state index contributed by atoms with van der Waals surface area (Å²) in [5.74, 6) is 0.845. The van der Waals surface area contributed by atoms with Gasteiger partial charge in [-0.25, -0.2) is 4.98 Å². The van der Waals surface area contributed by atoms with Crippen LogP contribution in [0.25, 0.3) is 0 Å². The Morgan fingerprint density at radius 1 is 1.32 bits per heavy atom. The van der Waals surface area contributed by atoms with Crippen molar-refractivity contribution >= 4 is 17.3 Å². The van der Waals surface area contributed by atoms with Crippen molar-refractivity contribution in [3.8, 4) is 0 Å². The van der Waals surface area contributed by atoms with E-state index in [1.54, 1.807) is 11.3 Å². The zero-order chi connectivity index (χ0) is 16.0. The first kappa shape index (κ1) is 17.2. The van der Waals surface area contributed by atoms with Gasteiger partial charge in [0.1, 0.15) is 5.01 Å². The van der Waals surface area contributed by atoms with Crippen LogP contribution in [0.15, 0.2) is 11.2 Å². The SMILES string of the molecule is CN=C(NCc1ncc(C)s1)NCC(C)(C)N1CCCCC1. The van der Waals surface area contributed by atoms with E-state index in [4.69, 9.17) is 0 Å². The van der Waals surface area contributed by atoms with Crippen LogP contribution >= 0.6 is 11.3 Å². The number of nitrogens with zero attached hydrogens (tertiary/aromatic N) is 3. The minimum Gasteiger partial charge on any atom is -0.355 e. The molecule has 22 heavy (non-hydrogen) atoms. The van der Waals surface area contributed by atoms with Crippen LogP contribution in [0.1, 0.15) is 43.0 Å². The van der Waals surface area contributed by atoms with Crippen molar-refractivity contribution in [1.29, 1.82) is 0 Å². The first-order valence-electron chi connectivity index (χ1n) is 8.12. The summed E-state index contributed by atoms with van der Waals surface area (Å²) >= 11 is 1.72. The predicted octanol–water partition coefficient (Wildman–Crippen LogP) is 2.38. The van der Waals surface area contributed by atoms with Crippen molar-refractivity contribution in [2.75, 3.05) is 26.7 Å². The fraction of sp³-hybridized carbons (Fsp3) is 0.750. The van der Waals surface area contributed by atoms with Gasteiger partial charge in [0.05, 0.1) is 6.54 Å². The molecule has 0 unspecified atom stereocenters. The molecule has 0 saturated carbocycles. The number of guanidine groups is 1. The Bertz CT molecular complexity index is 488. The molecule has 2 heterocycles. The molecule has 1 aromatic heterocycles. The van der Waals surface area contributed by atoms with Crippen LogP contribution in [-0.2, 0) is 6.54 Å². The van der Waals surface area contributed by atoms with Gasteiger partial charge in [0.2, 0.25) is 0 Å². The molecule has 0 atom stereocenters. The van der Waals surface area contributed by atoms with Gasteiger partial charge in [0, 0.05) is 30.2 Å². The third kappa shape index (κ3) is 4.95. The second-order valence-electron chi connectivity index (χ2n) is 6.50. The lowest BCUT2D eigenvalue weighted by Gasteiger charge is -2.41. The third-order valence-electron chi connectivity index (χ3n) is 4.20. The zero-order valence-electron chi connectivity index (χ0n) is 14.3. The van der Waals surface area contributed by atoms with E-state index < -0.39 is 0 Å². The molecule has 124 valence electrons. The van der Waals surface area contributed by atoms with Crippen molar-refractivity contribution in [2.24, 2.45) is 4.99 Å². The van der Waals surface area contributed by atoms with Gasteiger partial charge in [-0.15, -0.1) is 11.3 Å². The van der Waals surface area contributed by atoms with E-state index >= 15 is 0 Å². The molecule has 0 radical (unpaired) electrons. The average Bonchev–Trinajstić information content (AvgIpc) is 2.94. The minimum absolute atomic E-state index is 0.149. The summed E-state index contributed by atoms with van der Waals surface area (Å²) in [6.07, 6.45) is 5.92. The number of hydrogen-bond donors (Lipinski definition) is 2. The molecule has 0 bridgehead atoms. The molecule has 6 heteroatoms. The van der Waals surface area contributed by atoms with Crippen LogP contribution in [0.5, 0.6) is 0 Å². The number of hydrogen-bond acceptors (Lipinski definition) is 4. The van der Waals surface area contributed by atoms with E-state index in [2.05, 4.69) is 46.3 Å². The highest BCUT2D eigenvalue weighted by Gasteiger charge is 2.27. The maximum atomic E-state index is 4.37. The van der Waals surface area contributed by atoms with Gasteiger partial charge in [-0.1, -0.05) is 6.42 Å². The van der Waals surface area contributed by atoms with E-state index in [1.165, 1.54) is 37.2 Å². The number of aromatic nitrogens is 1. The highest BCUT2D eigenvalue weighted by Crippen LogP contribution is 2.19. The first-order valence-corrected chi connectivity index (χ1v) is 8.94. The van der Waals surface area contributed by atoms with Gasteiger partial charge >= 0.3 is 0 Å². The van der Waals surface area contributed by atoms with Crippen molar-refractivity contribution in [3.63, 3.8) is 0 Å². The largest absolute Gasteiger partial charge is 0.355 e. The van der Waals surface area contributed by atoms with Crippen LogP contribution in [0.2, 0.25) is 0 Å². The van der Waals surface area contributed by atoms with E-state index in [-0.39, 0.29) is 5.54 Å². The molecule has 5 nitrogen and oxygen atoms in total. The number of nitrogens with one attached hydrogen (secondary N) is 2. The Labute approximate surface area is 138 Å². The van der Waals surface area contributed by atoms with Crippen LogP contribution < -0.4 is 10.6 Å². The summed E-state index contributed by atoms with van der Waals surface area (Å²) in [6, 6.07) is 0. The number of thiazole rings is 1. The number of aliphatic imine (C=N–C) groups is 1. The molecule has 1 saturated heterocycles. The Kier molecular flexibility index (Phi) is 6.20. The van der Waals surface area contributed by atoms with Gasteiger partial charge in [-0.2, -0.15) is 0 Å². The first-order chi connectivity index (χ1) is 10.5. The maximum Gasteiger partial charge on any atom is 0.191 e. The molecule has 1 aliphatic rings. The van der Waals surface area contributed by atoms with Crippen molar-refractivity contribution in [1.82, 2.24) is 20.5 Å². The van der Waals surface area contributed by atoms with E-state index in [0.717, 1.165) is 24.1 Å². The van der Waals surface area contributed by atoms with Crippen molar-refractivity contribution in [2.45, 2.75) is 52.1 Å². The number of likely N-dealkylation sites (tertiary alicyclic amines) is 1. The Hall–Kier alpha value is -1.14. The lowest BCUT2D eigenvalue weighted by Crippen LogP contribution is -2.54. The van der Waals surface area contributed by atoms with Crippen LogP contribution in [0.3, 0.4) is 0 Å². The second-order valence-corrected chi connectivity index (χ2v) is 7.82. The molecule has 2 N–H and O–H groups in total. The molecule has 0 aliphatic carbocycles. The fourth-order valence-corrected chi connectivity index (χ4v) is 3.50. The normalized spacial score (nSPS) is 17.5. The van der Waals surface area contributed by atoms with Gasteiger partial charge in [-0.3, -0.25) is 9.89 Å². The highest BCUT2D eigenvalue weighted by atomic mass is 32.1. The summed E-state index contributed by atoms with van der Waals surface area (Å²) < 4.78 is 0. The monoisotopic (exact) mass is 323 g/mol. The van der Waals surface area contributed by atoms with Crippen LogP contribution in [-0.4, -0.2) is 48.1 Å². The maximum absolute atomic E-state index is 4.37. The quantitative estimate of drug-likeness (QED) is 0.645. The Balaban J connectivity index is 1.79. The topological polar surface area (TPSA) is 52.6 Å². The summed E-state index contributed by atoms with van der Waals surface area (Å²) in [6.45, 7) is 10.7. The number of piperidine rings is 1. The van der Waals surface area contributed by atoms with E-state index in [1.807, 2.05) is 13.2 Å². The second kappa shape index (κ2) is 7.92. The lowest BCUT2D eigenvalue weighted by molar-refractivity contribution is 0.0982. The van der Waals surface area contributed by atoms with Crippen molar-refractivity contribution in [3.05, 3.63) is 16.1 Å². The van der Waals surface area contributed by atoms with E-state index in [9.17, 15) is 0 Å². The molecule has 0 aromatic carbocycles. The third-order valence-corrected chi connectivity index (χ3v) is 5.11. The van der Waals surface area contributed by atoms with Gasteiger partial charge in [0.25, 0.3) is 0 Å². The van der Waals surface area contributed by atoms with Gasteiger partial charge < -0.3 is 10.6 Å².